The van der Waals surface area contributed by atoms with Crippen molar-refractivity contribution in [2.45, 2.75) is 0 Å². The molecule has 0 radical (unpaired) electrons. The third-order valence-corrected chi connectivity index (χ3v) is 2.16. The fraction of sp³-hybridized carbons (Fsp3) is 0.400. The molecule has 0 atom stereocenters. The van der Waals surface area contributed by atoms with Gasteiger partial charge in [0.2, 0.25) is 0 Å². The SMILES string of the molecule is O=[N+]([O-])c1ccc(NCCO)c(F)c1NCCO. The molecule has 0 fully saturated rings. The second-order valence-electron chi connectivity index (χ2n) is 3.38. The maximum atomic E-state index is 13.9. The van der Waals surface area contributed by atoms with Gasteiger partial charge in [0, 0.05) is 19.2 Å². The molecule has 0 heterocycles. The summed E-state index contributed by atoms with van der Waals surface area (Å²) in [7, 11) is 0. The smallest absolute Gasteiger partial charge is 0.295 e. The fourth-order valence-electron chi connectivity index (χ4n) is 1.39. The Morgan fingerprint density at radius 3 is 2.39 bits per heavy atom. The average molecular weight is 259 g/mol. The first-order chi connectivity index (χ1) is 8.61. The molecule has 18 heavy (non-hydrogen) atoms. The standard InChI is InChI=1S/C10H14FN3O4/c11-9-7(12-3-5-15)1-2-8(14(17)18)10(9)13-4-6-16/h1-2,12-13,15-16H,3-6H2. The maximum Gasteiger partial charge on any atom is 0.295 e. The molecule has 0 aromatic heterocycles. The van der Waals surface area contributed by atoms with Crippen LogP contribution in [0.3, 0.4) is 0 Å². The molecule has 0 spiro atoms. The van der Waals surface area contributed by atoms with Crippen molar-refractivity contribution in [3.63, 3.8) is 0 Å². The topological polar surface area (TPSA) is 108 Å². The summed E-state index contributed by atoms with van der Waals surface area (Å²) in [4.78, 5) is 10.0. The van der Waals surface area contributed by atoms with E-state index >= 15 is 0 Å². The van der Waals surface area contributed by atoms with Crippen LogP contribution in [0.2, 0.25) is 0 Å². The number of anilines is 2. The average Bonchev–Trinajstić information content (AvgIpc) is 2.35. The predicted octanol–water partition coefficient (Wildman–Crippen LogP) is 0.542. The van der Waals surface area contributed by atoms with E-state index < -0.39 is 16.4 Å². The van der Waals surface area contributed by atoms with Gasteiger partial charge in [-0.1, -0.05) is 0 Å². The molecule has 0 aliphatic heterocycles. The van der Waals surface area contributed by atoms with Gasteiger partial charge in [-0.05, 0) is 6.07 Å². The highest BCUT2D eigenvalue weighted by Crippen LogP contribution is 2.32. The van der Waals surface area contributed by atoms with Crippen molar-refractivity contribution in [2.75, 3.05) is 36.9 Å². The van der Waals surface area contributed by atoms with Gasteiger partial charge >= 0.3 is 0 Å². The molecule has 1 rings (SSSR count). The van der Waals surface area contributed by atoms with E-state index in [1.807, 2.05) is 0 Å². The molecular weight excluding hydrogens is 245 g/mol. The number of aliphatic hydroxyl groups is 2. The quantitative estimate of drug-likeness (QED) is 0.420. The second kappa shape index (κ2) is 6.72. The van der Waals surface area contributed by atoms with Crippen molar-refractivity contribution in [3.8, 4) is 0 Å². The van der Waals surface area contributed by atoms with E-state index in [9.17, 15) is 14.5 Å². The number of rotatable bonds is 7. The maximum absolute atomic E-state index is 13.9. The lowest BCUT2D eigenvalue weighted by atomic mass is 10.2. The lowest BCUT2D eigenvalue weighted by molar-refractivity contribution is -0.384. The number of nitrogens with zero attached hydrogens (tertiary/aromatic N) is 1. The molecule has 8 heteroatoms. The van der Waals surface area contributed by atoms with Gasteiger partial charge in [0.1, 0.15) is 0 Å². The number of hydrogen-bond donors (Lipinski definition) is 4. The number of nitro groups is 1. The lowest BCUT2D eigenvalue weighted by Gasteiger charge is -2.11. The monoisotopic (exact) mass is 259 g/mol. The Labute approximate surface area is 102 Å². The summed E-state index contributed by atoms with van der Waals surface area (Å²) in [6, 6.07) is 2.38. The summed E-state index contributed by atoms with van der Waals surface area (Å²) in [5, 5.41) is 33.1. The number of aliphatic hydroxyl groups excluding tert-OH is 2. The van der Waals surface area contributed by atoms with Gasteiger partial charge in [-0.3, -0.25) is 10.1 Å². The summed E-state index contributed by atoms with van der Waals surface area (Å²) in [5.74, 6) is -0.814. The molecule has 1 aromatic rings. The molecule has 0 aliphatic rings. The normalized spacial score (nSPS) is 10.2. The van der Waals surface area contributed by atoms with E-state index in [1.54, 1.807) is 0 Å². The molecule has 0 bridgehead atoms. The van der Waals surface area contributed by atoms with Crippen molar-refractivity contribution in [2.24, 2.45) is 0 Å². The van der Waals surface area contributed by atoms with Crippen LogP contribution in [0.1, 0.15) is 0 Å². The highest BCUT2D eigenvalue weighted by molar-refractivity contribution is 5.69. The minimum Gasteiger partial charge on any atom is -0.395 e. The van der Waals surface area contributed by atoms with Crippen LogP contribution in [-0.2, 0) is 0 Å². The Kier molecular flexibility index (Phi) is 5.28. The van der Waals surface area contributed by atoms with Gasteiger partial charge in [-0.15, -0.1) is 0 Å². The minimum atomic E-state index is -0.814. The van der Waals surface area contributed by atoms with E-state index in [4.69, 9.17) is 10.2 Å². The van der Waals surface area contributed by atoms with Crippen LogP contribution in [0.4, 0.5) is 21.5 Å². The Bertz CT molecular complexity index is 428. The van der Waals surface area contributed by atoms with Gasteiger partial charge in [-0.25, -0.2) is 4.39 Å². The predicted molar refractivity (Wildman–Crippen MR) is 64.2 cm³/mol. The van der Waals surface area contributed by atoms with Gasteiger partial charge in [0.05, 0.1) is 23.8 Å². The molecule has 0 amide bonds. The highest BCUT2D eigenvalue weighted by atomic mass is 19.1. The van der Waals surface area contributed by atoms with Crippen LogP contribution >= 0.6 is 0 Å². The highest BCUT2D eigenvalue weighted by Gasteiger charge is 2.20. The summed E-state index contributed by atoms with van der Waals surface area (Å²) in [6.07, 6.45) is 0. The largest absolute Gasteiger partial charge is 0.395 e. The lowest BCUT2D eigenvalue weighted by Crippen LogP contribution is -2.12. The zero-order valence-electron chi connectivity index (χ0n) is 9.52. The zero-order chi connectivity index (χ0) is 13.5. The van der Waals surface area contributed by atoms with Crippen molar-refractivity contribution in [1.82, 2.24) is 0 Å². The Morgan fingerprint density at radius 1 is 1.22 bits per heavy atom. The third-order valence-electron chi connectivity index (χ3n) is 2.16. The van der Waals surface area contributed by atoms with Gasteiger partial charge in [-0.2, -0.15) is 0 Å². The first-order valence-corrected chi connectivity index (χ1v) is 5.28. The van der Waals surface area contributed by atoms with Crippen LogP contribution in [0, 0.1) is 15.9 Å². The van der Waals surface area contributed by atoms with E-state index in [0.29, 0.717) is 0 Å². The van der Waals surface area contributed by atoms with Crippen LogP contribution in [0.5, 0.6) is 0 Å². The summed E-state index contributed by atoms with van der Waals surface area (Å²) in [6.45, 7) is -0.323. The van der Waals surface area contributed by atoms with E-state index in [1.165, 1.54) is 6.07 Å². The number of hydrogen-bond acceptors (Lipinski definition) is 6. The number of halogens is 1. The molecule has 4 N–H and O–H groups in total. The first-order valence-electron chi connectivity index (χ1n) is 5.28. The molecule has 100 valence electrons. The van der Waals surface area contributed by atoms with E-state index in [-0.39, 0.29) is 37.7 Å². The number of nitro benzene ring substituents is 1. The second-order valence-corrected chi connectivity index (χ2v) is 3.38. The van der Waals surface area contributed by atoms with Crippen LogP contribution in [-0.4, -0.2) is 41.4 Å². The van der Waals surface area contributed by atoms with Crippen LogP contribution in [0.15, 0.2) is 12.1 Å². The molecule has 0 aliphatic carbocycles. The fourth-order valence-corrected chi connectivity index (χ4v) is 1.39. The number of nitrogens with one attached hydrogen (secondary N) is 2. The van der Waals surface area contributed by atoms with Crippen molar-refractivity contribution in [1.29, 1.82) is 0 Å². The third kappa shape index (κ3) is 3.28. The molecular formula is C10H14FN3O4. The van der Waals surface area contributed by atoms with E-state index in [2.05, 4.69) is 10.6 Å². The zero-order valence-corrected chi connectivity index (χ0v) is 9.52. The van der Waals surface area contributed by atoms with Gasteiger partial charge in [0.15, 0.2) is 11.5 Å². The molecule has 1 aromatic carbocycles. The molecule has 0 unspecified atom stereocenters. The Balaban J connectivity index is 3.08. The molecule has 7 nitrogen and oxygen atoms in total. The molecule has 0 saturated heterocycles. The van der Waals surface area contributed by atoms with Crippen molar-refractivity contribution < 1.29 is 19.5 Å². The van der Waals surface area contributed by atoms with Gasteiger partial charge in [0.25, 0.3) is 5.69 Å². The number of benzene rings is 1. The Hall–Kier alpha value is -1.93. The molecule has 0 saturated carbocycles. The van der Waals surface area contributed by atoms with Gasteiger partial charge < -0.3 is 20.8 Å². The summed E-state index contributed by atoms with van der Waals surface area (Å²) >= 11 is 0. The Morgan fingerprint density at radius 2 is 1.83 bits per heavy atom. The van der Waals surface area contributed by atoms with Crippen LogP contribution < -0.4 is 10.6 Å². The summed E-state index contributed by atoms with van der Waals surface area (Å²) in [5.41, 5.74) is -0.637. The first kappa shape index (κ1) is 14.1. The van der Waals surface area contributed by atoms with Crippen molar-refractivity contribution in [3.05, 3.63) is 28.1 Å². The van der Waals surface area contributed by atoms with E-state index in [0.717, 1.165) is 6.07 Å². The van der Waals surface area contributed by atoms with Crippen molar-refractivity contribution >= 4 is 17.1 Å². The van der Waals surface area contributed by atoms with Crippen LogP contribution in [0.25, 0.3) is 0 Å². The summed E-state index contributed by atoms with van der Waals surface area (Å²) < 4.78 is 13.9. The minimum absolute atomic E-state index is 0.00120.